The maximum absolute atomic E-state index is 10.6. The monoisotopic (exact) mass is 243 g/mol. The third-order valence-electron chi connectivity index (χ3n) is 2.42. The van der Waals surface area contributed by atoms with Crippen molar-refractivity contribution in [3.8, 4) is 5.75 Å². The number of rotatable bonds is 3. The highest BCUT2D eigenvalue weighted by Crippen LogP contribution is 2.16. The molecule has 1 aromatic carbocycles. The van der Waals surface area contributed by atoms with Crippen LogP contribution in [0.15, 0.2) is 24.3 Å². The third kappa shape index (κ3) is 3.12. The van der Waals surface area contributed by atoms with Gasteiger partial charge < -0.3 is 15.2 Å². The molecule has 0 spiro atoms. The van der Waals surface area contributed by atoms with Crippen LogP contribution < -0.4 is 10.1 Å². The van der Waals surface area contributed by atoms with Crippen LogP contribution in [0.4, 0.5) is 0 Å². The van der Waals surface area contributed by atoms with E-state index >= 15 is 0 Å². The standard InChI is InChI=1S/C11H13NO3.ClH/c13-11(14)8-1-3-9(4-2-8)15-10-5-6-12-7-10;/h1-4,10,12H,5-7H2,(H,13,14);1H. The second-order valence-electron chi connectivity index (χ2n) is 3.56. The molecule has 16 heavy (non-hydrogen) atoms. The molecule has 5 heteroatoms. The molecule has 1 aliphatic heterocycles. The number of benzene rings is 1. The summed E-state index contributed by atoms with van der Waals surface area (Å²) in [7, 11) is 0. The highest BCUT2D eigenvalue weighted by Gasteiger charge is 2.15. The van der Waals surface area contributed by atoms with Crippen LogP contribution in [0.2, 0.25) is 0 Å². The molecular formula is C11H14ClNO3. The van der Waals surface area contributed by atoms with Gasteiger partial charge in [-0.2, -0.15) is 0 Å². The molecule has 0 saturated carbocycles. The Balaban J connectivity index is 0.00000128. The van der Waals surface area contributed by atoms with Crippen LogP contribution in [0.25, 0.3) is 0 Å². The molecule has 4 nitrogen and oxygen atoms in total. The first kappa shape index (κ1) is 12.8. The summed E-state index contributed by atoms with van der Waals surface area (Å²) in [6.07, 6.45) is 1.21. The van der Waals surface area contributed by atoms with E-state index in [0.717, 1.165) is 25.3 Å². The predicted molar refractivity (Wildman–Crippen MR) is 62.6 cm³/mol. The van der Waals surface area contributed by atoms with Crippen LogP contribution in [0.1, 0.15) is 16.8 Å². The zero-order valence-electron chi connectivity index (χ0n) is 8.68. The van der Waals surface area contributed by atoms with Crippen molar-refractivity contribution in [1.29, 1.82) is 0 Å². The quantitative estimate of drug-likeness (QED) is 0.846. The first-order valence-electron chi connectivity index (χ1n) is 4.96. The minimum absolute atomic E-state index is 0. The van der Waals surface area contributed by atoms with Gasteiger partial charge in [0.05, 0.1) is 5.56 Å². The molecule has 2 rings (SSSR count). The van der Waals surface area contributed by atoms with Gasteiger partial charge in [-0.25, -0.2) is 4.79 Å². The Morgan fingerprint density at radius 3 is 2.56 bits per heavy atom. The number of ether oxygens (including phenoxy) is 1. The average molecular weight is 244 g/mol. The van der Waals surface area contributed by atoms with Crippen LogP contribution in [0.3, 0.4) is 0 Å². The molecule has 2 N–H and O–H groups in total. The highest BCUT2D eigenvalue weighted by atomic mass is 35.5. The largest absolute Gasteiger partial charge is 0.489 e. The number of aromatic carboxylic acids is 1. The van der Waals surface area contributed by atoms with Crippen LogP contribution in [0.5, 0.6) is 5.75 Å². The average Bonchev–Trinajstić information content (AvgIpc) is 2.71. The summed E-state index contributed by atoms with van der Waals surface area (Å²) in [6.45, 7) is 1.85. The number of carbonyl (C=O) groups is 1. The first-order valence-corrected chi connectivity index (χ1v) is 4.96. The second kappa shape index (κ2) is 5.72. The maximum Gasteiger partial charge on any atom is 0.335 e. The normalized spacial score (nSPS) is 18.9. The van der Waals surface area contributed by atoms with Gasteiger partial charge in [0.2, 0.25) is 0 Å². The van der Waals surface area contributed by atoms with E-state index in [1.807, 2.05) is 0 Å². The Labute approximate surface area is 100 Å². The van der Waals surface area contributed by atoms with Crippen molar-refractivity contribution >= 4 is 18.4 Å². The highest BCUT2D eigenvalue weighted by molar-refractivity contribution is 5.87. The summed E-state index contributed by atoms with van der Waals surface area (Å²) >= 11 is 0. The Hall–Kier alpha value is -1.26. The summed E-state index contributed by atoms with van der Waals surface area (Å²) < 4.78 is 5.65. The van der Waals surface area contributed by atoms with Gasteiger partial charge in [-0.1, -0.05) is 0 Å². The van der Waals surface area contributed by atoms with Crippen molar-refractivity contribution < 1.29 is 14.6 Å². The SMILES string of the molecule is Cl.O=C(O)c1ccc(OC2CCNC2)cc1. The van der Waals surface area contributed by atoms with Gasteiger partial charge in [0.25, 0.3) is 0 Å². The van der Waals surface area contributed by atoms with Crippen LogP contribution in [0, 0.1) is 0 Å². The lowest BCUT2D eigenvalue weighted by molar-refractivity contribution is 0.0697. The first-order chi connectivity index (χ1) is 7.25. The molecule has 1 aliphatic rings. The Bertz CT molecular complexity index is 347. The third-order valence-corrected chi connectivity index (χ3v) is 2.42. The zero-order chi connectivity index (χ0) is 10.7. The van der Waals surface area contributed by atoms with Gasteiger partial charge in [0.15, 0.2) is 0 Å². The lowest BCUT2D eigenvalue weighted by Crippen LogP contribution is -2.19. The van der Waals surface area contributed by atoms with Gasteiger partial charge >= 0.3 is 5.97 Å². The van der Waals surface area contributed by atoms with Crippen molar-refractivity contribution in [3.05, 3.63) is 29.8 Å². The number of nitrogens with one attached hydrogen (secondary N) is 1. The molecule has 88 valence electrons. The molecule has 0 amide bonds. The molecule has 1 heterocycles. The molecular weight excluding hydrogens is 230 g/mol. The summed E-state index contributed by atoms with van der Waals surface area (Å²) in [6, 6.07) is 6.50. The van der Waals surface area contributed by atoms with E-state index in [2.05, 4.69) is 5.32 Å². The molecule has 1 saturated heterocycles. The van der Waals surface area contributed by atoms with Crippen molar-refractivity contribution in [2.75, 3.05) is 13.1 Å². The summed E-state index contributed by atoms with van der Waals surface area (Å²) in [5.41, 5.74) is 0.284. The van der Waals surface area contributed by atoms with Gasteiger partial charge in [0, 0.05) is 6.54 Å². The van der Waals surface area contributed by atoms with E-state index in [-0.39, 0.29) is 24.1 Å². The fourth-order valence-electron chi connectivity index (χ4n) is 1.60. The van der Waals surface area contributed by atoms with Gasteiger partial charge in [-0.15, -0.1) is 12.4 Å². The van der Waals surface area contributed by atoms with E-state index in [1.165, 1.54) is 0 Å². The zero-order valence-corrected chi connectivity index (χ0v) is 9.50. The van der Waals surface area contributed by atoms with Crippen LogP contribution in [-0.2, 0) is 0 Å². The number of hydrogen-bond acceptors (Lipinski definition) is 3. The molecule has 1 fully saturated rings. The Kier molecular flexibility index (Phi) is 4.58. The second-order valence-corrected chi connectivity index (χ2v) is 3.56. The van der Waals surface area contributed by atoms with Crippen molar-refractivity contribution in [3.63, 3.8) is 0 Å². The van der Waals surface area contributed by atoms with Crippen molar-refractivity contribution in [2.24, 2.45) is 0 Å². The van der Waals surface area contributed by atoms with E-state index in [1.54, 1.807) is 24.3 Å². The molecule has 1 unspecified atom stereocenters. The van der Waals surface area contributed by atoms with Gasteiger partial charge in [-0.3, -0.25) is 0 Å². The number of hydrogen-bond donors (Lipinski definition) is 2. The Morgan fingerprint density at radius 1 is 1.38 bits per heavy atom. The predicted octanol–water partition coefficient (Wildman–Crippen LogP) is 1.55. The topological polar surface area (TPSA) is 58.6 Å². The summed E-state index contributed by atoms with van der Waals surface area (Å²) in [4.78, 5) is 10.6. The van der Waals surface area contributed by atoms with Crippen LogP contribution in [-0.4, -0.2) is 30.3 Å². The smallest absolute Gasteiger partial charge is 0.335 e. The van der Waals surface area contributed by atoms with E-state index in [9.17, 15) is 4.79 Å². The van der Waals surface area contributed by atoms with Crippen molar-refractivity contribution in [2.45, 2.75) is 12.5 Å². The lowest BCUT2D eigenvalue weighted by Gasteiger charge is -2.12. The number of carboxylic acid groups (broad SMARTS) is 1. The van der Waals surface area contributed by atoms with E-state index < -0.39 is 5.97 Å². The molecule has 0 aliphatic carbocycles. The van der Waals surface area contributed by atoms with E-state index in [0.29, 0.717) is 0 Å². The van der Waals surface area contributed by atoms with Crippen molar-refractivity contribution in [1.82, 2.24) is 5.32 Å². The molecule has 0 radical (unpaired) electrons. The maximum atomic E-state index is 10.6. The molecule has 1 aromatic rings. The fraction of sp³-hybridized carbons (Fsp3) is 0.364. The number of halogens is 1. The van der Waals surface area contributed by atoms with E-state index in [4.69, 9.17) is 9.84 Å². The summed E-state index contributed by atoms with van der Waals surface area (Å²) in [5, 5.41) is 11.9. The summed E-state index contributed by atoms with van der Waals surface area (Å²) in [5.74, 6) is -0.183. The molecule has 0 aromatic heterocycles. The van der Waals surface area contributed by atoms with Gasteiger partial charge in [-0.05, 0) is 37.2 Å². The van der Waals surface area contributed by atoms with Crippen LogP contribution >= 0.6 is 12.4 Å². The fourth-order valence-corrected chi connectivity index (χ4v) is 1.60. The molecule has 0 bridgehead atoms. The minimum Gasteiger partial charge on any atom is -0.489 e. The minimum atomic E-state index is -0.913. The molecule has 1 atom stereocenters. The van der Waals surface area contributed by atoms with Gasteiger partial charge in [0.1, 0.15) is 11.9 Å². The Morgan fingerprint density at radius 2 is 2.06 bits per heavy atom. The lowest BCUT2D eigenvalue weighted by atomic mass is 10.2. The number of carboxylic acids is 1.